The second-order valence-corrected chi connectivity index (χ2v) is 7.18. The highest BCUT2D eigenvalue weighted by molar-refractivity contribution is 9.11. The van der Waals surface area contributed by atoms with Crippen LogP contribution in [0.5, 0.6) is 5.75 Å². The Balaban J connectivity index is 1.88. The lowest BCUT2D eigenvalue weighted by Gasteiger charge is -2.15. The van der Waals surface area contributed by atoms with Crippen LogP contribution in [-0.4, -0.2) is 12.6 Å². The molecule has 0 fully saturated rings. The van der Waals surface area contributed by atoms with Crippen LogP contribution in [0.15, 0.2) is 51.4 Å². The minimum atomic E-state index is 0.155. The van der Waals surface area contributed by atoms with Crippen molar-refractivity contribution >= 4 is 31.9 Å². The standard InChI is InChI=1S/C18H21Br2NO/c1-13(2)22-18-16(19)10-15(11-17(18)20)12-21-9-8-14-6-4-3-5-7-14/h3-7,10-11,13,21H,8-9,12H2,1-2H3. The normalized spacial score (nSPS) is 11.0. The van der Waals surface area contributed by atoms with Crippen LogP contribution < -0.4 is 10.1 Å². The zero-order valence-corrected chi connectivity index (χ0v) is 16.1. The number of nitrogens with one attached hydrogen (secondary N) is 1. The molecule has 2 nitrogen and oxygen atoms in total. The van der Waals surface area contributed by atoms with Gasteiger partial charge in [0.25, 0.3) is 0 Å². The van der Waals surface area contributed by atoms with E-state index in [2.05, 4.69) is 73.6 Å². The van der Waals surface area contributed by atoms with E-state index in [1.807, 2.05) is 19.9 Å². The van der Waals surface area contributed by atoms with Crippen molar-refractivity contribution in [2.45, 2.75) is 32.9 Å². The minimum Gasteiger partial charge on any atom is -0.489 e. The number of hydrogen-bond donors (Lipinski definition) is 1. The van der Waals surface area contributed by atoms with Crippen LogP contribution in [-0.2, 0) is 13.0 Å². The number of benzene rings is 2. The first-order chi connectivity index (χ1) is 10.6. The summed E-state index contributed by atoms with van der Waals surface area (Å²) < 4.78 is 7.76. The van der Waals surface area contributed by atoms with Gasteiger partial charge in [0.2, 0.25) is 0 Å². The van der Waals surface area contributed by atoms with Crippen molar-refractivity contribution in [3.63, 3.8) is 0 Å². The predicted molar refractivity (Wildman–Crippen MR) is 99.5 cm³/mol. The van der Waals surface area contributed by atoms with E-state index in [0.717, 1.165) is 34.2 Å². The molecule has 0 atom stereocenters. The SMILES string of the molecule is CC(C)Oc1c(Br)cc(CNCCc2ccccc2)cc1Br. The largest absolute Gasteiger partial charge is 0.489 e. The first kappa shape index (κ1) is 17.5. The molecule has 0 spiro atoms. The molecule has 0 aromatic heterocycles. The molecule has 1 N–H and O–H groups in total. The summed E-state index contributed by atoms with van der Waals surface area (Å²) in [5.41, 5.74) is 2.58. The number of halogens is 2. The Morgan fingerprint density at radius 3 is 2.23 bits per heavy atom. The van der Waals surface area contributed by atoms with Crippen molar-refractivity contribution in [2.75, 3.05) is 6.54 Å². The lowest BCUT2D eigenvalue weighted by atomic mass is 10.1. The Morgan fingerprint density at radius 2 is 1.64 bits per heavy atom. The zero-order chi connectivity index (χ0) is 15.9. The molecule has 0 bridgehead atoms. The molecule has 2 aromatic carbocycles. The summed E-state index contributed by atoms with van der Waals surface area (Å²) >= 11 is 7.18. The minimum absolute atomic E-state index is 0.155. The quantitative estimate of drug-likeness (QED) is 0.604. The van der Waals surface area contributed by atoms with Gasteiger partial charge in [0.1, 0.15) is 5.75 Å². The zero-order valence-electron chi connectivity index (χ0n) is 12.9. The molecule has 0 radical (unpaired) electrons. The monoisotopic (exact) mass is 425 g/mol. The molecule has 0 heterocycles. The molecule has 0 amide bonds. The van der Waals surface area contributed by atoms with E-state index < -0.39 is 0 Å². The second-order valence-electron chi connectivity index (χ2n) is 5.47. The highest BCUT2D eigenvalue weighted by atomic mass is 79.9. The third kappa shape index (κ3) is 5.41. The van der Waals surface area contributed by atoms with Crippen molar-refractivity contribution in [2.24, 2.45) is 0 Å². The molecule has 0 unspecified atom stereocenters. The highest BCUT2D eigenvalue weighted by Crippen LogP contribution is 2.35. The predicted octanol–water partition coefficient (Wildman–Crippen LogP) is 5.33. The fourth-order valence-electron chi connectivity index (χ4n) is 2.17. The summed E-state index contributed by atoms with van der Waals surface area (Å²) in [6.45, 7) is 5.85. The fraction of sp³-hybridized carbons (Fsp3) is 0.333. The summed E-state index contributed by atoms with van der Waals surface area (Å²) in [6, 6.07) is 14.7. The molecular weight excluding hydrogens is 406 g/mol. The van der Waals surface area contributed by atoms with Gasteiger partial charge in [0.05, 0.1) is 15.0 Å². The van der Waals surface area contributed by atoms with Crippen LogP contribution in [0.25, 0.3) is 0 Å². The van der Waals surface area contributed by atoms with Gasteiger partial charge in [-0.25, -0.2) is 0 Å². The molecule has 0 saturated carbocycles. The molecular formula is C18H21Br2NO. The van der Waals surface area contributed by atoms with E-state index in [9.17, 15) is 0 Å². The molecule has 0 saturated heterocycles. The fourth-order valence-corrected chi connectivity index (χ4v) is 3.64. The van der Waals surface area contributed by atoms with Gasteiger partial charge in [-0.1, -0.05) is 30.3 Å². The highest BCUT2D eigenvalue weighted by Gasteiger charge is 2.10. The average Bonchev–Trinajstić information content (AvgIpc) is 2.48. The number of ether oxygens (including phenoxy) is 1. The summed E-state index contributed by atoms with van der Waals surface area (Å²) in [5.74, 6) is 0.864. The maximum absolute atomic E-state index is 5.80. The maximum atomic E-state index is 5.80. The molecule has 0 aliphatic rings. The molecule has 0 aliphatic heterocycles. The van der Waals surface area contributed by atoms with E-state index in [4.69, 9.17) is 4.74 Å². The Bertz CT molecular complexity index is 576. The lowest BCUT2D eigenvalue weighted by Crippen LogP contribution is -2.16. The topological polar surface area (TPSA) is 21.3 Å². The van der Waals surface area contributed by atoms with E-state index in [1.165, 1.54) is 11.1 Å². The van der Waals surface area contributed by atoms with Crippen LogP contribution in [0.1, 0.15) is 25.0 Å². The Morgan fingerprint density at radius 1 is 1.00 bits per heavy atom. The van der Waals surface area contributed by atoms with Gasteiger partial charge in [0, 0.05) is 6.54 Å². The average molecular weight is 427 g/mol. The van der Waals surface area contributed by atoms with Gasteiger partial charge in [-0.3, -0.25) is 0 Å². The van der Waals surface area contributed by atoms with Crippen molar-refractivity contribution in [3.8, 4) is 5.75 Å². The van der Waals surface area contributed by atoms with E-state index in [1.54, 1.807) is 0 Å². The summed E-state index contributed by atoms with van der Waals surface area (Å²) in [4.78, 5) is 0. The second kappa shape index (κ2) is 8.70. The third-order valence-electron chi connectivity index (χ3n) is 3.17. The summed E-state index contributed by atoms with van der Waals surface area (Å²) in [7, 11) is 0. The Hall–Kier alpha value is -0.840. The third-order valence-corrected chi connectivity index (χ3v) is 4.35. The van der Waals surface area contributed by atoms with E-state index in [0.29, 0.717) is 0 Å². The van der Waals surface area contributed by atoms with Crippen LogP contribution in [0.3, 0.4) is 0 Å². The van der Waals surface area contributed by atoms with Crippen molar-refractivity contribution in [1.82, 2.24) is 5.32 Å². The van der Waals surface area contributed by atoms with Gasteiger partial charge in [0.15, 0.2) is 0 Å². The van der Waals surface area contributed by atoms with Gasteiger partial charge >= 0.3 is 0 Å². The first-order valence-electron chi connectivity index (χ1n) is 7.45. The van der Waals surface area contributed by atoms with Gasteiger partial charge in [-0.2, -0.15) is 0 Å². The van der Waals surface area contributed by atoms with Gasteiger partial charge < -0.3 is 10.1 Å². The number of hydrogen-bond acceptors (Lipinski definition) is 2. The lowest BCUT2D eigenvalue weighted by molar-refractivity contribution is 0.239. The van der Waals surface area contributed by atoms with Crippen LogP contribution in [0.2, 0.25) is 0 Å². The Kier molecular flexibility index (Phi) is 6.93. The van der Waals surface area contributed by atoms with Gasteiger partial charge in [-0.15, -0.1) is 0 Å². The first-order valence-corrected chi connectivity index (χ1v) is 9.04. The molecule has 2 rings (SSSR count). The van der Waals surface area contributed by atoms with Crippen molar-refractivity contribution < 1.29 is 4.74 Å². The van der Waals surface area contributed by atoms with Gasteiger partial charge in [-0.05, 0) is 81.9 Å². The maximum Gasteiger partial charge on any atom is 0.148 e. The number of rotatable bonds is 7. The molecule has 2 aromatic rings. The van der Waals surface area contributed by atoms with Crippen LogP contribution in [0.4, 0.5) is 0 Å². The van der Waals surface area contributed by atoms with Crippen LogP contribution >= 0.6 is 31.9 Å². The molecule has 0 aliphatic carbocycles. The van der Waals surface area contributed by atoms with Crippen molar-refractivity contribution in [1.29, 1.82) is 0 Å². The smallest absolute Gasteiger partial charge is 0.148 e. The van der Waals surface area contributed by atoms with E-state index in [-0.39, 0.29) is 6.10 Å². The summed E-state index contributed by atoms with van der Waals surface area (Å²) in [5, 5.41) is 3.48. The molecule has 118 valence electrons. The van der Waals surface area contributed by atoms with E-state index >= 15 is 0 Å². The Labute approximate surface area is 149 Å². The molecule has 4 heteroatoms. The van der Waals surface area contributed by atoms with Crippen LogP contribution in [0, 0.1) is 0 Å². The molecule has 22 heavy (non-hydrogen) atoms. The summed E-state index contributed by atoms with van der Waals surface area (Å²) in [6.07, 6.45) is 1.19. The van der Waals surface area contributed by atoms with Crippen molar-refractivity contribution in [3.05, 3.63) is 62.5 Å².